The molecule has 0 atom stereocenters. The first kappa shape index (κ1) is 12.3. The maximum absolute atomic E-state index is 10.8. The van der Waals surface area contributed by atoms with Gasteiger partial charge in [-0.3, -0.25) is 4.79 Å². The molecule has 0 heterocycles. The predicted octanol–water partition coefficient (Wildman–Crippen LogP) is 0.149. The molecule has 5 nitrogen and oxygen atoms in total. The lowest BCUT2D eigenvalue weighted by Gasteiger charge is -2.07. The third-order valence-electron chi connectivity index (χ3n) is 1.94. The van der Waals surface area contributed by atoms with E-state index < -0.39 is 0 Å². The highest BCUT2D eigenvalue weighted by molar-refractivity contribution is 5.77. The van der Waals surface area contributed by atoms with Crippen molar-refractivity contribution in [3.05, 3.63) is 24.3 Å². The Morgan fingerprint density at radius 1 is 1.31 bits per heavy atom. The van der Waals surface area contributed by atoms with Crippen LogP contribution >= 0.6 is 0 Å². The fraction of sp³-hybridized carbons (Fsp3) is 0.364. The first-order valence-corrected chi connectivity index (χ1v) is 5.00. The molecular weight excluding hydrogens is 208 g/mol. The Bertz CT molecular complexity index is 325. The molecule has 0 saturated heterocycles. The van der Waals surface area contributed by atoms with Crippen molar-refractivity contribution in [1.82, 2.24) is 5.32 Å². The Labute approximate surface area is 94.5 Å². The largest absolute Gasteiger partial charge is 0.497 e. The van der Waals surface area contributed by atoms with Crippen molar-refractivity contribution in [1.29, 1.82) is 0 Å². The van der Waals surface area contributed by atoms with Gasteiger partial charge in [0.15, 0.2) is 0 Å². The fourth-order valence-corrected chi connectivity index (χ4v) is 1.10. The van der Waals surface area contributed by atoms with Gasteiger partial charge in [-0.05, 0) is 24.3 Å². The number of benzene rings is 1. The minimum absolute atomic E-state index is 0.00252. The summed E-state index contributed by atoms with van der Waals surface area (Å²) in [5, 5.41) is 2.61. The van der Waals surface area contributed by atoms with E-state index in [0.717, 1.165) is 11.5 Å². The standard InChI is InChI=1S/C11H16N2O3/c1-15-9-2-4-10(5-3-9)16-7-6-13-11(14)8-12/h2-5H,6-8,12H2,1H3,(H,13,14). The quantitative estimate of drug-likeness (QED) is 0.674. The number of methoxy groups -OCH3 is 1. The van der Waals surface area contributed by atoms with Crippen LogP contribution < -0.4 is 20.5 Å². The zero-order valence-corrected chi connectivity index (χ0v) is 9.23. The second-order valence-electron chi connectivity index (χ2n) is 3.08. The molecule has 1 rings (SSSR count). The number of rotatable bonds is 6. The van der Waals surface area contributed by atoms with Gasteiger partial charge in [-0.2, -0.15) is 0 Å². The van der Waals surface area contributed by atoms with E-state index in [0.29, 0.717) is 13.2 Å². The van der Waals surface area contributed by atoms with Crippen molar-refractivity contribution in [2.24, 2.45) is 5.73 Å². The molecule has 1 aromatic carbocycles. The molecule has 88 valence electrons. The van der Waals surface area contributed by atoms with Crippen molar-refractivity contribution in [2.45, 2.75) is 0 Å². The molecule has 0 aromatic heterocycles. The highest BCUT2D eigenvalue weighted by atomic mass is 16.5. The van der Waals surface area contributed by atoms with Gasteiger partial charge in [0.25, 0.3) is 0 Å². The first-order valence-electron chi connectivity index (χ1n) is 5.00. The van der Waals surface area contributed by atoms with Crippen LogP contribution in [0, 0.1) is 0 Å². The molecule has 3 N–H and O–H groups in total. The summed E-state index contributed by atoms with van der Waals surface area (Å²) in [6, 6.07) is 7.24. The summed E-state index contributed by atoms with van der Waals surface area (Å²) in [6.45, 7) is 0.864. The third kappa shape index (κ3) is 4.18. The van der Waals surface area contributed by atoms with Gasteiger partial charge >= 0.3 is 0 Å². The van der Waals surface area contributed by atoms with E-state index in [4.69, 9.17) is 15.2 Å². The second kappa shape index (κ2) is 6.68. The summed E-state index contributed by atoms with van der Waals surface area (Å²) < 4.78 is 10.4. The van der Waals surface area contributed by atoms with Crippen LogP contribution in [0.25, 0.3) is 0 Å². The van der Waals surface area contributed by atoms with Gasteiger partial charge in [0.05, 0.1) is 20.2 Å². The van der Waals surface area contributed by atoms with Gasteiger partial charge in [-0.25, -0.2) is 0 Å². The molecule has 0 saturated carbocycles. The van der Waals surface area contributed by atoms with E-state index >= 15 is 0 Å². The van der Waals surface area contributed by atoms with Crippen LogP contribution in [0.2, 0.25) is 0 Å². The number of hydrogen-bond acceptors (Lipinski definition) is 4. The molecule has 0 bridgehead atoms. The maximum Gasteiger partial charge on any atom is 0.233 e. The molecule has 0 unspecified atom stereocenters. The number of hydrogen-bond donors (Lipinski definition) is 2. The molecule has 0 fully saturated rings. The summed E-state index contributed by atoms with van der Waals surface area (Å²) in [6.07, 6.45) is 0. The van der Waals surface area contributed by atoms with E-state index in [-0.39, 0.29) is 12.5 Å². The molecule has 1 amide bonds. The smallest absolute Gasteiger partial charge is 0.233 e. The monoisotopic (exact) mass is 224 g/mol. The number of carbonyl (C=O) groups excluding carboxylic acids is 1. The minimum atomic E-state index is -0.182. The van der Waals surface area contributed by atoms with Crippen molar-refractivity contribution < 1.29 is 14.3 Å². The molecule has 0 aliphatic heterocycles. The van der Waals surface area contributed by atoms with Gasteiger partial charge in [0.2, 0.25) is 5.91 Å². The Hall–Kier alpha value is -1.75. The van der Waals surface area contributed by atoms with Gasteiger partial charge in [0.1, 0.15) is 18.1 Å². The molecule has 0 aliphatic rings. The Morgan fingerprint density at radius 2 is 1.94 bits per heavy atom. The van der Waals surface area contributed by atoms with Gasteiger partial charge in [-0.1, -0.05) is 0 Å². The summed E-state index contributed by atoms with van der Waals surface area (Å²) in [4.78, 5) is 10.8. The molecule has 0 aliphatic carbocycles. The highest BCUT2D eigenvalue weighted by Gasteiger charge is 1.97. The molecule has 1 aromatic rings. The molecule has 16 heavy (non-hydrogen) atoms. The van der Waals surface area contributed by atoms with Crippen LogP contribution in [0.4, 0.5) is 0 Å². The van der Waals surface area contributed by atoms with E-state index in [9.17, 15) is 4.79 Å². The predicted molar refractivity (Wildman–Crippen MR) is 60.6 cm³/mol. The number of carbonyl (C=O) groups is 1. The zero-order valence-electron chi connectivity index (χ0n) is 9.23. The van der Waals surface area contributed by atoms with Crippen LogP contribution in [0.15, 0.2) is 24.3 Å². The average molecular weight is 224 g/mol. The van der Waals surface area contributed by atoms with E-state index in [1.165, 1.54) is 0 Å². The lowest BCUT2D eigenvalue weighted by Crippen LogP contribution is -2.33. The van der Waals surface area contributed by atoms with E-state index in [1.54, 1.807) is 7.11 Å². The van der Waals surface area contributed by atoms with E-state index in [1.807, 2.05) is 24.3 Å². The van der Waals surface area contributed by atoms with Gasteiger partial charge in [-0.15, -0.1) is 0 Å². The average Bonchev–Trinajstić information content (AvgIpc) is 2.35. The molecule has 0 spiro atoms. The summed E-state index contributed by atoms with van der Waals surface area (Å²) in [5.41, 5.74) is 5.13. The first-order chi connectivity index (χ1) is 7.76. The number of amides is 1. The molecule has 5 heteroatoms. The van der Waals surface area contributed by atoms with Crippen LogP contribution in [-0.4, -0.2) is 32.7 Å². The fourth-order valence-electron chi connectivity index (χ4n) is 1.10. The number of ether oxygens (including phenoxy) is 2. The summed E-state index contributed by atoms with van der Waals surface area (Å²) in [5.74, 6) is 1.34. The second-order valence-corrected chi connectivity index (χ2v) is 3.08. The lowest BCUT2D eigenvalue weighted by atomic mass is 10.3. The number of nitrogens with one attached hydrogen (secondary N) is 1. The normalized spacial score (nSPS) is 9.62. The van der Waals surface area contributed by atoms with Crippen LogP contribution in [0.1, 0.15) is 0 Å². The Kier molecular flexibility index (Phi) is 5.15. The molecule has 0 radical (unpaired) electrons. The van der Waals surface area contributed by atoms with Crippen LogP contribution in [0.3, 0.4) is 0 Å². The maximum atomic E-state index is 10.8. The topological polar surface area (TPSA) is 73.6 Å². The van der Waals surface area contributed by atoms with Gasteiger partial charge in [0, 0.05) is 0 Å². The van der Waals surface area contributed by atoms with Gasteiger partial charge < -0.3 is 20.5 Å². The SMILES string of the molecule is COc1ccc(OCCNC(=O)CN)cc1. The lowest BCUT2D eigenvalue weighted by molar-refractivity contribution is -0.119. The summed E-state index contributed by atoms with van der Waals surface area (Å²) in [7, 11) is 1.61. The minimum Gasteiger partial charge on any atom is -0.497 e. The Morgan fingerprint density at radius 3 is 2.50 bits per heavy atom. The van der Waals surface area contributed by atoms with Crippen molar-refractivity contribution >= 4 is 5.91 Å². The highest BCUT2D eigenvalue weighted by Crippen LogP contribution is 2.16. The zero-order chi connectivity index (χ0) is 11.8. The Balaban J connectivity index is 2.24. The van der Waals surface area contributed by atoms with Crippen LogP contribution in [-0.2, 0) is 4.79 Å². The van der Waals surface area contributed by atoms with Crippen molar-refractivity contribution in [3.8, 4) is 11.5 Å². The van der Waals surface area contributed by atoms with Crippen molar-refractivity contribution in [2.75, 3.05) is 26.8 Å². The summed E-state index contributed by atoms with van der Waals surface area (Å²) >= 11 is 0. The van der Waals surface area contributed by atoms with E-state index in [2.05, 4.69) is 5.32 Å². The number of nitrogens with two attached hydrogens (primary N) is 1. The van der Waals surface area contributed by atoms with Crippen molar-refractivity contribution in [3.63, 3.8) is 0 Å². The van der Waals surface area contributed by atoms with Crippen LogP contribution in [0.5, 0.6) is 11.5 Å². The molecular formula is C11H16N2O3. The third-order valence-corrected chi connectivity index (χ3v) is 1.94.